The predicted octanol–water partition coefficient (Wildman–Crippen LogP) is 28.6. The summed E-state index contributed by atoms with van der Waals surface area (Å²) < 4.78 is 0. The number of hydrogen-bond donors (Lipinski definition) is 0. The van der Waals surface area contributed by atoms with Crippen molar-refractivity contribution >= 4 is 86.8 Å². The molecule has 0 radical (unpaired) electrons. The van der Waals surface area contributed by atoms with Gasteiger partial charge in [-0.05, 0) is 178 Å². The summed E-state index contributed by atoms with van der Waals surface area (Å²) >= 11 is 0. The van der Waals surface area contributed by atoms with Crippen molar-refractivity contribution in [3.63, 3.8) is 0 Å². The molecule has 0 N–H and O–H groups in total. The second kappa shape index (κ2) is 55.7. The van der Waals surface area contributed by atoms with Crippen LogP contribution in [0.25, 0.3) is 86.8 Å². The highest BCUT2D eigenvalue weighted by molar-refractivity contribution is 5.87. The van der Waals surface area contributed by atoms with Crippen LogP contribution in [0.2, 0.25) is 0 Å². The third-order valence-electron chi connectivity index (χ3n) is 14.6. The third-order valence-corrected chi connectivity index (χ3v) is 14.6. The fourth-order valence-electron chi connectivity index (χ4n) is 9.85. The first-order valence-corrected chi connectivity index (χ1v) is 37.4. The molecule has 0 bridgehead atoms. The Balaban J connectivity index is 0.000000578. The number of rotatable bonds is 0. The van der Waals surface area contributed by atoms with Crippen molar-refractivity contribution < 1.29 is 0 Å². The first kappa shape index (κ1) is 91.1. The molecular weight excluding hydrogens is 1270 g/mol. The molecule has 0 unspecified atom stereocenters. The largest absolute Gasteiger partial charge is 0.264 e. The van der Waals surface area contributed by atoms with Crippen molar-refractivity contribution in [3.8, 4) is 0 Å². The molecule has 8 aromatic carbocycles. The number of hydrogen-bond acceptors (Lipinski definition) is 8. The summed E-state index contributed by atoms with van der Waals surface area (Å²) in [6.07, 6.45) is 18.6. The Morgan fingerprint density at radius 3 is 1.26 bits per heavy atom. The van der Waals surface area contributed by atoms with Gasteiger partial charge in [-0.1, -0.05) is 274 Å². The summed E-state index contributed by atoms with van der Waals surface area (Å²) in [4.78, 5) is 33.6. The van der Waals surface area contributed by atoms with Gasteiger partial charge in [0.25, 0.3) is 0 Å². The molecule has 16 aromatic rings. The van der Waals surface area contributed by atoms with Crippen molar-refractivity contribution in [2.45, 2.75) is 166 Å². The van der Waals surface area contributed by atoms with E-state index in [1.165, 1.54) is 98.2 Å². The van der Waals surface area contributed by atoms with Crippen molar-refractivity contribution in [2.24, 2.45) is 0 Å². The quantitative estimate of drug-likeness (QED) is 0.148. The van der Waals surface area contributed by atoms with Gasteiger partial charge in [0.1, 0.15) is 0 Å². The highest BCUT2D eigenvalue weighted by Crippen LogP contribution is 2.20. The monoisotopic (exact) mass is 1380 g/mol. The van der Waals surface area contributed by atoms with Gasteiger partial charge in [-0.15, -0.1) is 0 Å². The van der Waals surface area contributed by atoms with Crippen LogP contribution in [0.4, 0.5) is 0 Å². The van der Waals surface area contributed by atoms with Gasteiger partial charge in [-0.2, -0.15) is 0 Å². The fraction of sp³-hybridized carbons (Fsp3) is 0.250. The highest BCUT2D eigenvalue weighted by atomic mass is 14.7. The molecule has 0 aliphatic rings. The smallest absolute Gasteiger partial charge is 0.0731 e. The van der Waals surface area contributed by atoms with E-state index in [0.29, 0.717) is 0 Å². The Hall–Kier alpha value is -11.0. The van der Waals surface area contributed by atoms with E-state index < -0.39 is 0 Å². The van der Waals surface area contributed by atoms with Crippen LogP contribution < -0.4 is 0 Å². The van der Waals surface area contributed by atoms with Gasteiger partial charge in [-0.25, -0.2) is 0 Å². The maximum atomic E-state index is 4.28. The molecule has 104 heavy (non-hydrogen) atoms. The second-order valence-electron chi connectivity index (χ2n) is 21.4. The minimum atomic E-state index is 1.07. The molecule has 0 amide bonds. The van der Waals surface area contributed by atoms with Gasteiger partial charge in [0.15, 0.2) is 0 Å². The van der Waals surface area contributed by atoms with Crippen LogP contribution in [0, 0.1) is 55.4 Å². The molecule has 8 aromatic heterocycles. The van der Waals surface area contributed by atoms with E-state index in [4.69, 9.17) is 0 Å². The summed E-state index contributed by atoms with van der Waals surface area (Å²) in [6.45, 7) is 48.6. The van der Waals surface area contributed by atoms with E-state index >= 15 is 0 Å². The standard InChI is InChI=1S/8C10H9N.8C2H6/c1-8-4-2-6-10-9(8)5-3-7-11-10;1-8-4-2-5-9-6-3-7-11-10(8)9;1-8-4-5-10-9(7-8)3-2-6-11-10;1-8-4-5-9-3-2-6-11-10(9)7-8;1-8-3-2-4-9-5-6-11-7-10(8)9;1-8-6-11-7-9-4-2-3-5-10(8)9;1-8-6-9-4-2-3-5-10(9)7-11-8;1-8-6-7-11-10-5-3-2-4-9(8)10;8*1-2/h8*2-7H,1H3;8*1-2H3. The lowest BCUT2D eigenvalue weighted by atomic mass is 10.1. The van der Waals surface area contributed by atoms with Gasteiger partial charge in [-0.3, -0.25) is 39.9 Å². The van der Waals surface area contributed by atoms with Gasteiger partial charge in [0.2, 0.25) is 0 Å². The lowest BCUT2D eigenvalue weighted by molar-refractivity contribution is 1.22. The van der Waals surface area contributed by atoms with Crippen molar-refractivity contribution in [3.05, 3.63) is 337 Å². The van der Waals surface area contributed by atoms with Gasteiger partial charge in [0.05, 0.1) is 27.6 Å². The molecule has 0 aliphatic heterocycles. The lowest BCUT2D eigenvalue weighted by Crippen LogP contribution is -1.80. The molecule has 16 rings (SSSR count). The van der Waals surface area contributed by atoms with Crippen LogP contribution in [0.3, 0.4) is 0 Å². The normalized spacial score (nSPS) is 9.15. The number of nitrogens with zero attached hydrogens (tertiary/aromatic N) is 8. The van der Waals surface area contributed by atoms with E-state index in [2.05, 4.69) is 228 Å². The average molecular weight is 1390 g/mol. The number of pyridine rings is 8. The fourth-order valence-corrected chi connectivity index (χ4v) is 9.85. The zero-order valence-corrected chi connectivity index (χ0v) is 67.3. The van der Waals surface area contributed by atoms with Crippen molar-refractivity contribution in [1.29, 1.82) is 0 Å². The Kier molecular flexibility index (Phi) is 48.8. The van der Waals surface area contributed by atoms with Crippen LogP contribution in [-0.2, 0) is 0 Å². The summed E-state index contributed by atoms with van der Waals surface area (Å²) in [5.74, 6) is 0. The summed E-state index contributed by atoms with van der Waals surface area (Å²) in [5.41, 5.74) is 15.4. The van der Waals surface area contributed by atoms with Crippen LogP contribution in [0.15, 0.2) is 292 Å². The SMILES string of the molecule is CC.CC.CC.CC.CC.CC.CC.CC.Cc1cc2ccccc2cn1.Cc1ccc2cccnc2c1.Cc1ccc2ncccc2c1.Cc1cccc2cccnc12.Cc1cccc2ccncc12.Cc1cccc2ncccc12.Cc1ccnc2ccccc12.Cc1cncc2ccccc12. The maximum absolute atomic E-state index is 4.28. The molecule has 0 spiro atoms. The predicted molar refractivity (Wildman–Crippen MR) is 463 cm³/mol. The molecule has 0 atom stereocenters. The summed E-state index contributed by atoms with van der Waals surface area (Å²) in [6, 6.07) is 78.2. The van der Waals surface area contributed by atoms with E-state index in [9.17, 15) is 0 Å². The van der Waals surface area contributed by atoms with Gasteiger partial charge in [0, 0.05) is 111 Å². The molecule has 544 valence electrons. The third kappa shape index (κ3) is 31.1. The van der Waals surface area contributed by atoms with Crippen molar-refractivity contribution in [2.75, 3.05) is 0 Å². The Bertz CT molecular complexity index is 4210. The zero-order valence-electron chi connectivity index (χ0n) is 67.3. The number of aryl methyl sites for hydroxylation is 8. The minimum Gasteiger partial charge on any atom is -0.264 e. The summed E-state index contributed by atoms with van der Waals surface area (Å²) in [5, 5.41) is 13.6. The number of fused-ring (bicyclic) bond motifs is 8. The molecule has 0 aliphatic carbocycles. The molecule has 8 heterocycles. The average Bonchev–Trinajstić information content (AvgIpc) is 0.825. The topological polar surface area (TPSA) is 103 Å². The molecule has 0 saturated carbocycles. The van der Waals surface area contributed by atoms with E-state index in [1.54, 1.807) is 0 Å². The second-order valence-corrected chi connectivity index (χ2v) is 21.4. The molecule has 0 saturated heterocycles. The van der Waals surface area contributed by atoms with Crippen LogP contribution >= 0.6 is 0 Å². The summed E-state index contributed by atoms with van der Waals surface area (Å²) in [7, 11) is 0. The number of para-hydroxylation sites is 2. The van der Waals surface area contributed by atoms with Crippen molar-refractivity contribution in [1.82, 2.24) is 39.9 Å². The van der Waals surface area contributed by atoms with Gasteiger partial charge >= 0.3 is 0 Å². The molecular formula is C96H120N8. The highest BCUT2D eigenvalue weighted by Gasteiger charge is 1.99. The molecule has 8 heteroatoms. The Labute approximate surface area is 626 Å². The Morgan fingerprint density at radius 2 is 0.635 bits per heavy atom. The van der Waals surface area contributed by atoms with Crippen LogP contribution in [0.1, 0.15) is 155 Å². The Morgan fingerprint density at radius 1 is 0.192 bits per heavy atom. The molecule has 8 nitrogen and oxygen atoms in total. The zero-order chi connectivity index (χ0) is 77.5. The first-order chi connectivity index (χ1) is 51.0. The number of benzene rings is 8. The first-order valence-electron chi connectivity index (χ1n) is 37.4. The van der Waals surface area contributed by atoms with E-state index in [1.807, 2.05) is 271 Å². The van der Waals surface area contributed by atoms with E-state index in [-0.39, 0.29) is 0 Å². The van der Waals surface area contributed by atoms with Crippen LogP contribution in [-0.4, -0.2) is 39.9 Å². The molecule has 0 fully saturated rings. The van der Waals surface area contributed by atoms with Crippen LogP contribution in [0.5, 0.6) is 0 Å². The number of aromatic nitrogens is 8. The van der Waals surface area contributed by atoms with Gasteiger partial charge < -0.3 is 0 Å². The lowest BCUT2D eigenvalue weighted by Gasteiger charge is -1.98. The maximum Gasteiger partial charge on any atom is 0.0731 e. The minimum absolute atomic E-state index is 1.07. The van der Waals surface area contributed by atoms with E-state index in [0.717, 1.165) is 33.3 Å².